The van der Waals surface area contributed by atoms with Crippen molar-refractivity contribution in [3.05, 3.63) is 0 Å². The predicted octanol–water partition coefficient (Wildman–Crippen LogP) is 0.924. The van der Waals surface area contributed by atoms with E-state index in [1.54, 1.807) is 0 Å². The number of hydrogen-bond acceptors (Lipinski definition) is 5. The molecule has 1 aliphatic carbocycles. The quantitative estimate of drug-likeness (QED) is 0.234. The maximum absolute atomic E-state index is 12.6. The summed E-state index contributed by atoms with van der Waals surface area (Å²) in [6, 6.07) is 0. The van der Waals surface area contributed by atoms with Gasteiger partial charge in [-0.1, -0.05) is 30.8 Å². The van der Waals surface area contributed by atoms with Crippen molar-refractivity contribution in [3.8, 4) is 0 Å². The fourth-order valence-electron chi connectivity index (χ4n) is 3.18. The van der Waals surface area contributed by atoms with Crippen molar-refractivity contribution in [3.63, 3.8) is 0 Å². The molecule has 1 heterocycles. The molecule has 0 aromatic heterocycles. The van der Waals surface area contributed by atoms with E-state index >= 15 is 0 Å². The van der Waals surface area contributed by atoms with Crippen LogP contribution < -0.4 is 10.5 Å². The molecule has 0 atom stereocenters. The minimum atomic E-state index is -3.51. The molecule has 8 heteroatoms. The molecule has 0 aromatic carbocycles. The highest BCUT2D eigenvalue weighted by molar-refractivity contribution is 7.90. The summed E-state index contributed by atoms with van der Waals surface area (Å²) in [4.78, 5) is 0. The number of rotatable bonds is 4. The van der Waals surface area contributed by atoms with Crippen LogP contribution in [0.5, 0.6) is 0 Å². The van der Waals surface area contributed by atoms with Crippen molar-refractivity contribution in [2.75, 3.05) is 13.2 Å². The lowest BCUT2D eigenvalue weighted by atomic mass is 9.90. The van der Waals surface area contributed by atoms with Gasteiger partial charge in [-0.3, -0.25) is 0 Å². The van der Waals surface area contributed by atoms with Crippen molar-refractivity contribution in [2.45, 2.75) is 62.2 Å². The standard InChI is InChI=1S/C13H25N3O4S/c14-12(15-17)13(7-3-1-2-4-8-13)16-21(18,19)11-5-9-20-10-6-11/h11,16-17H,1-10H2,(H2,14,15). The average Bonchev–Trinajstić information content (AvgIpc) is 2.73. The number of ether oxygens (including phenoxy) is 1. The summed E-state index contributed by atoms with van der Waals surface area (Å²) in [7, 11) is -3.51. The van der Waals surface area contributed by atoms with E-state index in [1.807, 2.05) is 0 Å². The van der Waals surface area contributed by atoms with Gasteiger partial charge in [-0.05, 0) is 25.7 Å². The molecule has 122 valence electrons. The molecule has 0 spiro atoms. The van der Waals surface area contributed by atoms with E-state index in [1.165, 1.54) is 0 Å². The van der Waals surface area contributed by atoms with Gasteiger partial charge in [-0.2, -0.15) is 0 Å². The fourth-order valence-corrected chi connectivity index (χ4v) is 5.01. The molecule has 0 bridgehead atoms. The zero-order chi connectivity index (χ0) is 15.3. The number of nitrogens with two attached hydrogens (primary N) is 1. The van der Waals surface area contributed by atoms with E-state index in [0.29, 0.717) is 38.9 Å². The van der Waals surface area contributed by atoms with Crippen molar-refractivity contribution in [1.29, 1.82) is 0 Å². The number of sulfonamides is 1. The number of nitrogens with one attached hydrogen (secondary N) is 1. The molecule has 0 aromatic rings. The Hall–Kier alpha value is -0.860. The summed E-state index contributed by atoms with van der Waals surface area (Å²) in [5.74, 6) is -0.0277. The first kappa shape index (κ1) is 16.5. The molecule has 2 rings (SSSR count). The second-order valence-corrected chi connectivity index (χ2v) is 7.90. The minimum Gasteiger partial charge on any atom is -0.409 e. The largest absolute Gasteiger partial charge is 0.409 e. The van der Waals surface area contributed by atoms with Gasteiger partial charge in [0.15, 0.2) is 5.84 Å². The van der Waals surface area contributed by atoms with E-state index in [9.17, 15) is 8.42 Å². The lowest BCUT2D eigenvalue weighted by Crippen LogP contribution is -2.59. The van der Waals surface area contributed by atoms with Crippen LogP contribution in [0.4, 0.5) is 0 Å². The van der Waals surface area contributed by atoms with E-state index < -0.39 is 20.8 Å². The van der Waals surface area contributed by atoms with Crippen molar-refractivity contribution in [1.82, 2.24) is 4.72 Å². The summed E-state index contributed by atoms with van der Waals surface area (Å²) >= 11 is 0. The van der Waals surface area contributed by atoms with E-state index in [-0.39, 0.29) is 5.84 Å². The van der Waals surface area contributed by atoms with Crippen LogP contribution in [0.15, 0.2) is 5.16 Å². The molecule has 2 aliphatic rings. The number of oxime groups is 1. The van der Waals surface area contributed by atoms with E-state index in [2.05, 4.69) is 9.88 Å². The Labute approximate surface area is 126 Å². The van der Waals surface area contributed by atoms with E-state index in [4.69, 9.17) is 15.7 Å². The highest BCUT2D eigenvalue weighted by Crippen LogP contribution is 2.29. The van der Waals surface area contributed by atoms with Crippen LogP contribution in [0.3, 0.4) is 0 Å². The minimum absolute atomic E-state index is 0.0277. The summed E-state index contributed by atoms with van der Waals surface area (Å²) in [5, 5.41) is 11.7. The molecule has 1 saturated carbocycles. The van der Waals surface area contributed by atoms with Crippen molar-refractivity contribution >= 4 is 15.9 Å². The maximum atomic E-state index is 12.6. The molecule has 1 aliphatic heterocycles. The first-order chi connectivity index (χ1) is 10.0. The Morgan fingerprint density at radius 3 is 2.29 bits per heavy atom. The Bertz CT molecular complexity index is 464. The van der Waals surface area contributed by atoms with Gasteiger partial charge >= 0.3 is 0 Å². The molecular weight excluding hydrogens is 294 g/mol. The van der Waals surface area contributed by atoms with Crippen LogP contribution in [0.2, 0.25) is 0 Å². The van der Waals surface area contributed by atoms with E-state index in [0.717, 1.165) is 25.7 Å². The van der Waals surface area contributed by atoms with Gasteiger partial charge in [0.1, 0.15) is 0 Å². The topological polar surface area (TPSA) is 114 Å². The van der Waals surface area contributed by atoms with Crippen LogP contribution in [-0.4, -0.2) is 43.5 Å². The molecule has 0 amide bonds. The van der Waals surface area contributed by atoms with Gasteiger partial charge in [0.25, 0.3) is 0 Å². The predicted molar refractivity (Wildman–Crippen MR) is 79.7 cm³/mol. The van der Waals surface area contributed by atoms with Crippen molar-refractivity contribution in [2.24, 2.45) is 10.9 Å². The van der Waals surface area contributed by atoms with Crippen LogP contribution >= 0.6 is 0 Å². The molecule has 0 unspecified atom stereocenters. The highest BCUT2D eigenvalue weighted by Gasteiger charge is 2.41. The van der Waals surface area contributed by atoms with Crippen LogP contribution in [0, 0.1) is 0 Å². The first-order valence-electron chi connectivity index (χ1n) is 7.59. The molecule has 7 nitrogen and oxygen atoms in total. The molecule has 21 heavy (non-hydrogen) atoms. The number of nitrogens with zero attached hydrogens (tertiary/aromatic N) is 1. The molecule has 2 fully saturated rings. The molecular formula is C13H25N3O4S. The van der Waals surface area contributed by atoms with Gasteiger partial charge < -0.3 is 15.7 Å². The monoisotopic (exact) mass is 319 g/mol. The summed E-state index contributed by atoms with van der Waals surface area (Å²) < 4.78 is 33.3. The Kier molecular flexibility index (Phi) is 5.45. The summed E-state index contributed by atoms with van der Waals surface area (Å²) in [6.07, 6.45) is 5.94. The Morgan fingerprint density at radius 2 is 1.76 bits per heavy atom. The fraction of sp³-hybridized carbons (Fsp3) is 0.923. The zero-order valence-corrected chi connectivity index (χ0v) is 13.1. The lowest BCUT2D eigenvalue weighted by molar-refractivity contribution is 0.0979. The third-order valence-corrected chi connectivity index (χ3v) is 6.52. The highest BCUT2D eigenvalue weighted by atomic mass is 32.2. The van der Waals surface area contributed by atoms with Gasteiger partial charge in [0, 0.05) is 13.2 Å². The van der Waals surface area contributed by atoms with Crippen molar-refractivity contribution < 1.29 is 18.4 Å². The second kappa shape index (κ2) is 6.93. The lowest BCUT2D eigenvalue weighted by Gasteiger charge is -2.34. The second-order valence-electron chi connectivity index (χ2n) is 5.94. The van der Waals surface area contributed by atoms with Gasteiger partial charge in [-0.25, -0.2) is 13.1 Å². The number of amidine groups is 1. The average molecular weight is 319 g/mol. The third-order valence-electron chi connectivity index (χ3n) is 4.50. The number of hydrogen-bond donors (Lipinski definition) is 3. The third kappa shape index (κ3) is 3.87. The normalized spacial score (nSPS) is 25.4. The molecule has 1 saturated heterocycles. The summed E-state index contributed by atoms with van der Waals surface area (Å²) in [5.41, 5.74) is 4.90. The Morgan fingerprint density at radius 1 is 1.19 bits per heavy atom. The van der Waals surface area contributed by atoms with Crippen LogP contribution in [-0.2, 0) is 14.8 Å². The maximum Gasteiger partial charge on any atom is 0.215 e. The first-order valence-corrected chi connectivity index (χ1v) is 9.13. The van der Waals surface area contributed by atoms with Gasteiger partial charge in [-0.15, -0.1) is 0 Å². The van der Waals surface area contributed by atoms with Crippen LogP contribution in [0.25, 0.3) is 0 Å². The molecule has 0 radical (unpaired) electrons. The smallest absolute Gasteiger partial charge is 0.215 e. The van der Waals surface area contributed by atoms with Gasteiger partial charge in [0.05, 0.1) is 10.8 Å². The summed E-state index contributed by atoms with van der Waals surface area (Å²) in [6.45, 7) is 0.921. The SMILES string of the molecule is NC(=NO)C1(NS(=O)(=O)C2CCOCC2)CCCCCC1. The van der Waals surface area contributed by atoms with Gasteiger partial charge in [0.2, 0.25) is 10.0 Å². The zero-order valence-electron chi connectivity index (χ0n) is 12.3. The Balaban J connectivity index is 2.21. The van der Waals surface area contributed by atoms with Crippen LogP contribution in [0.1, 0.15) is 51.4 Å². The molecule has 4 N–H and O–H groups in total.